The Kier molecular flexibility index (Phi) is 9.18. The number of nitrogens with zero attached hydrogens (tertiary/aromatic N) is 1. The highest BCUT2D eigenvalue weighted by Crippen LogP contribution is 2.13. The van der Waals surface area contributed by atoms with Crippen LogP contribution in [0, 0.1) is 17.2 Å². The summed E-state index contributed by atoms with van der Waals surface area (Å²) in [6.07, 6.45) is 0.482. The number of rotatable bonds is 11. The van der Waals surface area contributed by atoms with Crippen molar-refractivity contribution >= 4 is 21.9 Å². The van der Waals surface area contributed by atoms with E-state index in [1.54, 1.807) is 6.92 Å². The minimum atomic E-state index is -3.75. The van der Waals surface area contributed by atoms with Gasteiger partial charge in [0.25, 0.3) is 5.91 Å². The third-order valence-corrected chi connectivity index (χ3v) is 5.89. The number of hydrogen-bond acceptors (Lipinski definition) is 6. The zero-order valence-electron chi connectivity index (χ0n) is 17.2. The zero-order chi connectivity index (χ0) is 22.7. The Labute approximate surface area is 182 Å². The molecule has 2 aromatic rings. The molecule has 0 heterocycles. The number of amides is 1. The first-order valence-electron chi connectivity index (χ1n) is 9.82. The van der Waals surface area contributed by atoms with Gasteiger partial charge in [0.2, 0.25) is 10.0 Å². The molecule has 2 N–H and O–H groups in total. The smallest absolute Gasteiger partial charge is 0.311 e. The van der Waals surface area contributed by atoms with E-state index < -0.39 is 27.8 Å². The predicted octanol–water partition coefficient (Wildman–Crippen LogP) is 2.03. The molecular weight excluding hydrogens is 418 g/mol. The van der Waals surface area contributed by atoms with Gasteiger partial charge in [0.05, 0.1) is 23.5 Å². The number of carbonyl (C=O) groups is 2. The summed E-state index contributed by atoms with van der Waals surface area (Å²) in [6.45, 7) is 2.07. The van der Waals surface area contributed by atoms with E-state index in [1.165, 1.54) is 24.3 Å². The number of benzene rings is 2. The molecule has 0 saturated carbocycles. The van der Waals surface area contributed by atoms with Gasteiger partial charge in [-0.1, -0.05) is 30.3 Å². The SMILES string of the molecule is CCOC(=O)C(CNC(=O)c1ccc(S(=O)(=O)NCCC#N)cc1)Cc1ccccc1. The first-order chi connectivity index (χ1) is 14.9. The quantitative estimate of drug-likeness (QED) is 0.404. The van der Waals surface area contributed by atoms with E-state index in [2.05, 4.69) is 10.0 Å². The lowest BCUT2D eigenvalue weighted by Gasteiger charge is -2.16. The fourth-order valence-corrected chi connectivity index (χ4v) is 3.86. The normalized spacial score (nSPS) is 11.9. The molecule has 0 bridgehead atoms. The Morgan fingerprint density at radius 2 is 1.77 bits per heavy atom. The number of hydrogen-bond donors (Lipinski definition) is 2. The standard InChI is InChI=1S/C22H25N3O5S/c1-2-30-22(27)19(15-17-7-4-3-5-8-17)16-24-21(26)18-9-11-20(12-10-18)31(28,29)25-14-6-13-23/h3-5,7-12,19,25H,2,6,14-16H2,1H3,(H,24,26). The average Bonchev–Trinajstić information content (AvgIpc) is 2.77. The van der Waals surface area contributed by atoms with Gasteiger partial charge in [-0.05, 0) is 43.2 Å². The van der Waals surface area contributed by atoms with Gasteiger partial charge in [0.15, 0.2) is 0 Å². The fourth-order valence-electron chi connectivity index (χ4n) is 2.83. The summed E-state index contributed by atoms with van der Waals surface area (Å²) in [6, 6.07) is 16.7. The Bertz CT molecular complexity index is 1020. The van der Waals surface area contributed by atoms with Crippen LogP contribution in [0.2, 0.25) is 0 Å². The second-order valence-electron chi connectivity index (χ2n) is 6.68. The Balaban J connectivity index is 2.01. The first kappa shape index (κ1) is 24.1. The molecule has 1 amide bonds. The van der Waals surface area contributed by atoms with E-state index in [9.17, 15) is 18.0 Å². The van der Waals surface area contributed by atoms with Gasteiger partial charge >= 0.3 is 5.97 Å². The molecule has 0 spiro atoms. The summed E-state index contributed by atoms with van der Waals surface area (Å²) >= 11 is 0. The Morgan fingerprint density at radius 3 is 2.39 bits per heavy atom. The van der Waals surface area contributed by atoms with Crippen LogP contribution in [0.15, 0.2) is 59.5 Å². The van der Waals surface area contributed by atoms with Crippen LogP contribution in [-0.4, -0.2) is 40.0 Å². The molecule has 2 aromatic carbocycles. The van der Waals surface area contributed by atoms with Crippen molar-refractivity contribution in [2.45, 2.75) is 24.7 Å². The molecule has 1 unspecified atom stereocenters. The summed E-state index contributed by atoms with van der Waals surface area (Å²) in [4.78, 5) is 24.8. The summed E-state index contributed by atoms with van der Waals surface area (Å²) in [5.41, 5.74) is 1.21. The lowest BCUT2D eigenvalue weighted by molar-refractivity contribution is -0.147. The number of esters is 1. The average molecular weight is 444 g/mol. The third-order valence-electron chi connectivity index (χ3n) is 4.41. The van der Waals surface area contributed by atoms with Crippen LogP contribution >= 0.6 is 0 Å². The third kappa shape index (κ3) is 7.51. The maximum absolute atomic E-state index is 12.5. The highest BCUT2D eigenvalue weighted by Gasteiger charge is 2.22. The molecule has 0 aliphatic carbocycles. The van der Waals surface area contributed by atoms with Crippen molar-refractivity contribution in [1.82, 2.24) is 10.0 Å². The molecule has 31 heavy (non-hydrogen) atoms. The highest BCUT2D eigenvalue weighted by atomic mass is 32.2. The van der Waals surface area contributed by atoms with Crippen molar-refractivity contribution in [2.24, 2.45) is 5.92 Å². The van der Waals surface area contributed by atoms with Crippen LogP contribution in [0.4, 0.5) is 0 Å². The Morgan fingerprint density at radius 1 is 1.10 bits per heavy atom. The molecule has 0 aromatic heterocycles. The molecule has 0 saturated heterocycles. The maximum Gasteiger partial charge on any atom is 0.311 e. The molecule has 0 aliphatic heterocycles. The largest absolute Gasteiger partial charge is 0.466 e. The maximum atomic E-state index is 12.5. The number of nitrogens with one attached hydrogen (secondary N) is 2. The van der Waals surface area contributed by atoms with Crippen LogP contribution in [-0.2, 0) is 26.0 Å². The van der Waals surface area contributed by atoms with Crippen molar-refractivity contribution in [3.63, 3.8) is 0 Å². The molecule has 0 fully saturated rings. The molecule has 0 radical (unpaired) electrons. The number of carbonyl (C=O) groups excluding carboxylic acids is 2. The van der Waals surface area contributed by atoms with Gasteiger partial charge in [-0.3, -0.25) is 9.59 Å². The number of ether oxygens (including phenoxy) is 1. The molecule has 1 atom stereocenters. The van der Waals surface area contributed by atoms with Crippen molar-refractivity contribution in [3.05, 3.63) is 65.7 Å². The van der Waals surface area contributed by atoms with Gasteiger partial charge in [-0.25, -0.2) is 13.1 Å². The summed E-state index contributed by atoms with van der Waals surface area (Å²) in [7, 11) is -3.75. The monoisotopic (exact) mass is 443 g/mol. The molecule has 164 valence electrons. The van der Waals surface area contributed by atoms with Gasteiger partial charge in [0, 0.05) is 25.1 Å². The summed E-state index contributed by atoms with van der Waals surface area (Å²) in [5.74, 6) is -1.37. The van der Waals surface area contributed by atoms with Gasteiger partial charge < -0.3 is 10.1 Å². The lowest BCUT2D eigenvalue weighted by Crippen LogP contribution is -2.35. The molecule has 0 aliphatic rings. The topological polar surface area (TPSA) is 125 Å². The van der Waals surface area contributed by atoms with Crippen molar-refractivity contribution in [3.8, 4) is 6.07 Å². The molecule has 8 nitrogen and oxygen atoms in total. The Hall–Kier alpha value is -3.22. The first-order valence-corrected chi connectivity index (χ1v) is 11.3. The van der Waals surface area contributed by atoms with Crippen molar-refractivity contribution < 1.29 is 22.7 Å². The van der Waals surface area contributed by atoms with Crippen molar-refractivity contribution in [2.75, 3.05) is 19.7 Å². The second kappa shape index (κ2) is 11.8. The lowest BCUT2D eigenvalue weighted by atomic mass is 9.99. The van der Waals surface area contributed by atoms with Crippen LogP contribution in [0.3, 0.4) is 0 Å². The van der Waals surface area contributed by atoms with Gasteiger partial charge in [0.1, 0.15) is 0 Å². The van der Waals surface area contributed by atoms with E-state index in [0.29, 0.717) is 6.42 Å². The van der Waals surface area contributed by atoms with E-state index in [1.807, 2.05) is 36.4 Å². The molecule has 9 heteroatoms. The number of sulfonamides is 1. The minimum Gasteiger partial charge on any atom is -0.466 e. The van der Waals surface area contributed by atoms with E-state index in [-0.39, 0.29) is 36.6 Å². The van der Waals surface area contributed by atoms with E-state index in [4.69, 9.17) is 10.00 Å². The summed E-state index contributed by atoms with van der Waals surface area (Å²) in [5, 5.41) is 11.2. The van der Waals surface area contributed by atoms with Gasteiger partial charge in [-0.2, -0.15) is 5.26 Å². The van der Waals surface area contributed by atoms with Crippen LogP contribution in [0.25, 0.3) is 0 Å². The van der Waals surface area contributed by atoms with Crippen LogP contribution in [0.5, 0.6) is 0 Å². The van der Waals surface area contributed by atoms with E-state index >= 15 is 0 Å². The van der Waals surface area contributed by atoms with Crippen molar-refractivity contribution in [1.29, 1.82) is 5.26 Å². The number of nitriles is 1. The molecular formula is C22H25N3O5S. The van der Waals surface area contributed by atoms with Crippen LogP contribution < -0.4 is 10.0 Å². The van der Waals surface area contributed by atoms with Gasteiger partial charge in [-0.15, -0.1) is 0 Å². The zero-order valence-corrected chi connectivity index (χ0v) is 18.0. The predicted molar refractivity (Wildman–Crippen MR) is 114 cm³/mol. The second-order valence-corrected chi connectivity index (χ2v) is 8.45. The van der Waals surface area contributed by atoms with Crippen LogP contribution in [0.1, 0.15) is 29.3 Å². The minimum absolute atomic E-state index is 0.00420. The summed E-state index contributed by atoms with van der Waals surface area (Å²) < 4.78 is 31.7. The van der Waals surface area contributed by atoms with E-state index in [0.717, 1.165) is 5.56 Å². The fraction of sp³-hybridized carbons (Fsp3) is 0.318. The highest BCUT2D eigenvalue weighted by molar-refractivity contribution is 7.89. The molecule has 2 rings (SSSR count).